The van der Waals surface area contributed by atoms with Crippen LogP contribution < -0.4 is 5.32 Å². The van der Waals surface area contributed by atoms with Crippen LogP contribution in [0.2, 0.25) is 0 Å². The Morgan fingerprint density at radius 1 is 0.659 bits per heavy atom. The predicted molar refractivity (Wildman–Crippen MR) is 192 cm³/mol. The van der Waals surface area contributed by atoms with Crippen LogP contribution in [0.5, 0.6) is 0 Å². The maximum atomic E-state index is 12.3. The molecule has 0 heterocycles. The average Bonchev–Trinajstić information content (AvgIpc) is 3.01. The minimum Gasteiger partial charge on any atom is -0.376 e. The molecule has 44 heavy (non-hydrogen) atoms. The van der Waals surface area contributed by atoms with Crippen molar-refractivity contribution < 1.29 is 19.1 Å². The summed E-state index contributed by atoms with van der Waals surface area (Å²) < 4.78 is 11.1. The predicted octanol–water partition coefficient (Wildman–Crippen LogP) is 11.2. The van der Waals surface area contributed by atoms with Gasteiger partial charge in [-0.05, 0) is 60.5 Å². The van der Waals surface area contributed by atoms with Crippen molar-refractivity contribution in [2.24, 2.45) is 5.92 Å². The highest BCUT2D eigenvalue weighted by Crippen LogP contribution is 2.19. The number of carbonyl (C=O) groups is 2. The fraction of sp³-hybridized carbons (Fsp3) is 0.949. The zero-order chi connectivity index (χ0) is 33.4. The van der Waals surface area contributed by atoms with Gasteiger partial charge in [0.25, 0.3) is 0 Å². The number of ether oxygens (including phenoxy) is 2. The summed E-state index contributed by atoms with van der Waals surface area (Å²) in [6, 6.07) is 0. The summed E-state index contributed by atoms with van der Waals surface area (Å²) in [7, 11) is 3.67. The summed E-state index contributed by atoms with van der Waals surface area (Å²) in [5, 5.41) is 3.12. The van der Waals surface area contributed by atoms with Gasteiger partial charge in [-0.2, -0.15) is 0 Å². The van der Waals surface area contributed by atoms with Gasteiger partial charge in [0.2, 0.25) is 0 Å². The van der Waals surface area contributed by atoms with Gasteiger partial charge in [0.15, 0.2) is 0 Å². The molecule has 0 saturated carbocycles. The van der Waals surface area contributed by atoms with E-state index in [-0.39, 0.29) is 22.9 Å². The molecule has 1 atom stereocenters. The first kappa shape index (κ1) is 45.3. The van der Waals surface area contributed by atoms with Crippen LogP contribution in [0.25, 0.3) is 0 Å². The molecule has 1 unspecified atom stereocenters. The van der Waals surface area contributed by atoms with Crippen molar-refractivity contribution in [3.63, 3.8) is 0 Å². The highest BCUT2D eigenvalue weighted by atomic mass is 16.5. The van der Waals surface area contributed by atoms with E-state index in [1.54, 1.807) is 7.11 Å². The van der Waals surface area contributed by atoms with E-state index in [4.69, 9.17) is 9.47 Å². The van der Waals surface area contributed by atoms with Gasteiger partial charge in [0, 0.05) is 13.5 Å². The van der Waals surface area contributed by atoms with E-state index in [0.29, 0.717) is 13.0 Å². The second-order valence-electron chi connectivity index (χ2n) is 14.3. The van der Waals surface area contributed by atoms with Crippen molar-refractivity contribution >= 4 is 12.1 Å². The summed E-state index contributed by atoms with van der Waals surface area (Å²) in [6.45, 7) is 14.4. The lowest BCUT2D eigenvalue weighted by Crippen LogP contribution is -2.37. The van der Waals surface area contributed by atoms with Crippen LogP contribution in [0, 0.1) is 5.92 Å². The van der Waals surface area contributed by atoms with Crippen molar-refractivity contribution in [1.82, 2.24) is 5.32 Å². The molecule has 0 aromatic heterocycles. The Morgan fingerprint density at radius 3 is 1.45 bits per heavy atom. The Morgan fingerprint density at radius 2 is 1.07 bits per heavy atom. The number of unbranched alkanes of at least 4 members (excludes halogenated alkanes) is 19. The Kier molecular flexibility index (Phi) is 33.2. The number of rotatable bonds is 32. The van der Waals surface area contributed by atoms with Gasteiger partial charge < -0.3 is 19.6 Å². The Hall–Kier alpha value is -0.780. The van der Waals surface area contributed by atoms with Gasteiger partial charge in [-0.3, -0.25) is 4.79 Å². The third-order valence-electron chi connectivity index (χ3n) is 8.81. The standard InChI is InChI=1S/C28H54O2.C11H25NO2/c1-3-5-7-9-11-13-15-17-19-21-23-25-28(30)27(26-29)24-22-20-18-16-14-12-10-8-6-4-2;1-10(2,7-8-12-5)14-9-11(3,4)13-6/h26-27H,3-25H2,1-2H3;12H,7-9H2,1-6H3. The number of methoxy groups -OCH3 is 1. The molecule has 0 aliphatic carbocycles. The molecule has 0 amide bonds. The minimum atomic E-state index is -0.331. The lowest BCUT2D eigenvalue weighted by Gasteiger charge is -2.31. The average molecular weight is 626 g/mol. The molecule has 0 aliphatic rings. The number of hydrogen-bond donors (Lipinski definition) is 1. The summed E-state index contributed by atoms with van der Waals surface area (Å²) >= 11 is 0. The normalized spacial score (nSPS) is 12.5. The van der Waals surface area contributed by atoms with Crippen LogP contribution in [0.3, 0.4) is 0 Å². The Labute approximate surface area is 276 Å². The largest absolute Gasteiger partial charge is 0.376 e. The van der Waals surface area contributed by atoms with Crippen LogP contribution in [0.1, 0.15) is 196 Å². The summed E-state index contributed by atoms with van der Waals surface area (Å²) in [6.07, 6.45) is 30.5. The first-order valence-electron chi connectivity index (χ1n) is 18.9. The number of carbonyl (C=O) groups excluding carboxylic acids is 2. The third-order valence-corrected chi connectivity index (χ3v) is 8.81. The smallest absolute Gasteiger partial charge is 0.143 e. The maximum Gasteiger partial charge on any atom is 0.143 e. The van der Waals surface area contributed by atoms with E-state index in [1.165, 1.54) is 116 Å². The Bertz CT molecular complexity index is 619. The molecule has 0 bridgehead atoms. The topological polar surface area (TPSA) is 64.6 Å². The lowest BCUT2D eigenvalue weighted by atomic mass is 9.94. The lowest BCUT2D eigenvalue weighted by molar-refractivity contribution is -0.127. The number of ketones is 1. The van der Waals surface area contributed by atoms with E-state index in [0.717, 1.165) is 44.9 Å². The Balaban J connectivity index is 0. The van der Waals surface area contributed by atoms with E-state index < -0.39 is 0 Å². The zero-order valence-corrected chi connectivity index (χ0v) is 31.2. The SMILES string of the molecule is CCCCCCCCCCCCCC(=O)C(C=O)CCCCCCCCCCCC.CNCCC(C)(C)OCC(C)(C)OC. The first-order chi connectivity index (χ1) is 21.1. The van der Waals surface area contributed by atoms with Gasteiger partial charge in [-0.15, -0.1) is 0 Å². The van der Waals surface area contributed by atoms with Crippen LogP contribution in [0.15, 0.2) is 0 Å². The summed E-state index contributed by atoms with van der Waals surface area (Å²) in [5.74, 6) is -0.140. The van der Waals surface area contributed by atoms with E-state index >= 15 is 0 Å². The van der Waals surface area contributed by atoms with Crippen molar-refractivity contribution in [1.29, 1.82) is 0 Å². The quantitative estimate of drug-likeness (QED) is 0.0458. The molecule has 0 aromatic rings. The molecule has 264 valence electrons. The molecule has 1 N–H and O–H groups in total. The van der Waals surface area contributed by atoms with Crippen molar-refractivity contribution in [2.75, 3.05) is 27.3 Å². The van der Waals surface area contributed by atoms with Crippen molar-refractivity contribution in [3.8, 4) is 0 Å². The minimum absolute atomic E-state index is 0.0845. The molecule has 5 nitrogen and oxygen atoms in total. The number of hydrogen-bond acceptors (Lipinski definition) is 5. The highest BCUT2D eigenvalue weighted by molar-refractivity contribution is 5.93. The second kappa shape index (κ2) is 32.2. The van der Waals surface area contributed by atoms with Crippen LogP contribution in [-0.2, 0) is 19.1 Å². The van der Waals surface area contributed by atoms with Gasteiger partial charge in [0.05, 0.1) is 23.7 Å². The number of nitrogens with one attached hydrogen (secondary N) is 1. The highest BCUT2D eigenvalue weighted by Gasteiger charge is 2.24. The molecule has 0 radical (unpaired) electrons. The molecule has 0 aromatic carbocycles. The molecule has 0 fully saturated rings. The van der Waals surface area contributed by atoms with Crippen molar-refractivity contribution in [3.05, 3.63) is 0 Å². The monoisotopic (exact) mass is 626 g/mol. The molecule has 0 saturated heterocycles. The first-order valence-corrected chi connectivity index (χ1v) is 18.9. The van der Waals surface area contributed by atoms with Gasteiger partial charge in [0.1, 0.15) is 12.1 Å². The van der Waals surface area contributed by atoms with Crippen LogP contribution in [0.4, 0.5) is 0 Å². The van der Waals surface area contributed by atoms with Crippen LogP contribution in [-0.4, -0.2) is 50.6 Å². The number of Topliss-reactive ketones (excluding diaryl/α,β-unsaturated/α-hetero) is 1. The third kappa shape index (κ3) is 32.6. The maximum absolute atomic E-state index is 12.3. The van der Waals surface area contributed by atoms with Crippen molar-refractivity contribution in [2.45, 2.75) is 207 Å². The summed E-state index contributed by atoms with van der Waals surface area (Å²) in [4.78, 5) is 23.6. The molecular weight excluding hydrogens is 546 g/mol. The van der Waals surface area contributed by atoms with Crippen LogP contribution >= 0.6 is 0 Å². The summed E-state index contributed by atoms with van der Waals surface area (Å²) in [5.41, 5.74) is -0.282. The second-order valence-corrected chi connectivity index (χ2v) is 14.3. The fourth-order valence-electron chi connectivity index (χ4n) is 5.23. The molecule has 0 aliphatic heterocycles. The molecule has 0 rings (SSSR count). The zero-order valence-electron chi connectivity index (χ0n) is 31.2. The van der Waals surface area contributed by atoms with Gasteiger partial charge >= 0.3 is 0 Å². The molecular formula is C39H79NO4. The van der Waals surface area contributed by atoms with E-state index in [1.807, 2.05) is 20.9 Å². The fourth-order valence-corrected chi connectivity index (χ4v) is 5.23. The number of aldehydes is 1. The molecule has 5 heteroatoms. The van der Waals surface area contributed by atoms with E-state index in [2.05, 4.69) is 33.0 Å². The van der Waals surface area contributed by atoms with Gasteiger partial charge in [-0.1, -0.05) is 142 Å². The molecule has 0 spiro atoms. The van der Waals surface area contributed by atoms with E-state index in [9.17, 15) is 9.59 Å². The van der Waals surface area contributed by atoms with Gasteiger partial charge in [-0.25, -0.2) is 0 Å².